The Kier molecular flexibility index (Phi) is 58.2. The number of rotatable bonds is 58. The highest BCUT2D eigenvalue weighted by molar-refractivity contribution is 5.71. The molecule has 0 aliphatic carbocycles. The Morgan fingerprint density at radius 3 is 0.845 bits per heavy atom. The van der Waals surface area contributed by atoms with Crippen LogP contribution < -0.4 is 0 Å². The summed E-state index contributed by atoms with van der Waals surface area (Å²) in [6.45, 7) is 6.62. The number of unbranched alkanes of at least 4 members (excludes halogenated alkanes) is 41. The Morgan fingerprint density at radius 2 is 0.521 bits per heavy atom. The predicted octanol–water partition coefficient (Wildman–Crippen LogP) is 21.2. The monoisotopic (exact) mass is 997 g/mol. The van der Waals surface area contributed by atoms with Crippen molar-refractivity contribution in [1.82, 2.24) is 0 Å². The fourth-order valence-electron chi connectivity index (χ4n) is 9.34. The Labute approximate surface area is 442 Å². The lowest BCUT2D eigenvalue weighted by molar-refractivity contribution is -0.167. The summed E-state index contributed by atoms with van der Waals surface area (Å²) in [5.74, 6) is -0.882. The van der Waals surface area contributed by atoms with Gasteiger partial charge in [0.1, 0.15) is 13.2 Å². The van der Waals surface area contributed by atoms with Crippen molar-refractivity contribution >= 4 is 17.9 Å². The molecule has 0 bridgehead atoms. The highest BCUT2D eigenvalue weighted by atomic mass is 16.6. The summed E-state index contributed by atoms with van der Waals surface area (Å²) in [6.07, 6.45) is 73.1. The van der Waals surface area contributed by atoms with Crippen molar-refractivity contribution in [2.45, 2.75) is 348 Å². The molecule has 0 aromatic heterocycles. The third-order valence-electron chi connectivity index (χ3n) is 14.1. The lowest BCUT2D eigenvalue weighted by Crippen LogP contribution is -2.30. The van der Waals surface area contributed by atoms with Crippen LogP contribution in [0.15, 0.2) is 36.5 Å². The number of carbonyl (C=O) groups excluding carboxylic acids is 3. The highest BCUT2D eigenvalue weighted by Crippen LogP contribution is 2.18. The molecule has 0 radical (unpaired) electrons. The molecule has 0 aromatic carbocycles. The Hall–Kier alpha value is -2.37. The average Bonchev–Trinajstić information content (AvgIpc) is 3.37. The number of esters is 3. The topological polar surface area (TPSA) is 78.9 Å². The molecule has 0 amide bonds. The van der Waals surface area contributed by atoms with Crippen molar-refractivity contribution in [1.29, 1.82) is 0 Å². The average molecular weight is 998 g/mol. The molecule has 0 rings (SSSR count). The molecule has 71 heavy (non-hydrogen) atoms. The lowest BCUT2D eigenvalue weighted by Gasteiger charge is -2.18. The summed E-state index contributed by atoms with van der Waals surface area (Å²) >= 11 is 0. The maximum absolute atomic E-state index is 12.9. The fraction of sp³-hybridized carbons (Fsp3) is 0.862. The fourth-order valence-corrected chi connectivity index (χ4v) is 9.34. The van der Waals surface area contributed by atoms with Crippen molar-refractivity contribution in [2.75, 3.05) is 13.2 Å². The molecule has 0 heterocycles. The first-order valence-corrected chi connectivity index (χ1v) is 31.5. The maximum atomic E-state index is 12.9. The van der Waals surface area contributed by atoms with Gasteiger partial charge in [0, 0.05) is 19.3 Å². The molecule has 0 N–H and O–H groups in total. The first-order chi connectivity index (χ1) is 35.0. The van der Waals surface area contributed by atoms with Crippen molar-refractivity contribution in [2.24, 2.45) is 0 Å². The second-order valence-corrected chi connectivity index (χ2v) is 21.3. The molecule has 6 nitrogen and oxygen atoms in total. The third kappa shape index (κ3) is 58.4. The third-order valence-corrected chi connectivity index (χ3v) is 14.1. The van der Waals surface area contributed by atoms with E-state index in [4.69, 9.17) is 14.2 Å². The molecular formula is C65H120O6. The molecule has 0 aromatic rings. The van der Waals surface area contributed by atoms with Gasteiger partial charge in [0.25, 0.3) is 0 Å². The van der Waals surface area contributed by atoms with Crippen molar-refractivity contribution in [3.8, 4) is 0 Å². The minimum Gasteiger partial charge on any atom is -0.462 e. The van der Waals surface area contributed by atoms with Gasteiger partial charge in [-0.3, -0.25) is 14.4 Å². The Bertz CT molecular complexity index is 1190. The van der Waals surface area contributed by atoms with Crippen LogP contribution in [0.5, 0.6) is 0 Å². The normalized spacial score (nSPS) is 12.2. The van der Waals surface area contributed by atoms with E-state index in [1.165, 1.54) is 212 Å². The van der Waals surface area contributed by atoms with Gasteiger partial charge in [0.2, 0.25) is 0 Å². The van der Waals surface area contributed by atoms with E-state index in [0.29, 0.717) is 19.3 Å². The molecule has 6 heteroatoms. The summed E-state index contributed by atoms with van der Waals surface area (Å²) in [6, 6.07) is 0. The van der Waals surface area contributed by atoms with E-state index in [0.717, 1.165) is 89.9 Å². The van der Waals surface area contributed by atoms with Gasteiger partial charge in [-0.25, -0.2) is 0 Å². The van der Waals surface area contributed by atoms with Gasteiger partial charge in [0.15, 0.2) is 6.10 Å². The second-order valence-electron chi connectivity index (χ2n) is 21.3. The Balaban J connectivity index is 4.19. The summed E-state index contributed by atoms with van der Waals surface area (Å²) < 4.78 is 16.9. The van der Waals surface area contributed by atoms with Gasteiger partial charge in [-0.05, 0) is 70.6 Å². The number of ether oxygens (including phenoxy) is 3. The van der Waals surface area contributed by atoms with Crippen LogP contribution in [0.25, 0.3) is 0 Å². The van der Waals surface area contributed by atoms with Crippen LogP contribution in [0.1, 0.15) is 342 Å². The number of allylic oxidation sites excluding steroid dienone is 6. The van der Waals surface area contributed by atoms with E-state index in [9.17, 15) is 14.4 Å². The van der Waals surface area contributed by atoms with Gasteiger partial charge < -0.3 is 14.2 Å². The quantitative estimate of drug-likeness (QED) is 0.0261. The molecule has 0 saturated carbocycles. The van der Waals surface area contributed by atoms with Crippen LogP contribution >= 0.6 is 0 Å². The van der Waals surface area contributed by atoms with Crippen molar-refractivity contribution < 1.29 is 28.6 Å². The molecule has 0 spiro atoms. The summed E-state index contributed by atoms with van der Waals surface area (Å²) in [5, 5.41) is 0. The van der Waals surface area contributed by atoms with E-state index >= 15 is 0 Å². The number of hydrogen-bond acceptors (Lipinski definition) is 6. The van der Waals surface area contributed by atoms with Gasteiger partial charge in [-0.1, -0.05) is 288 Å². The smallest absolute Gasteiger partial charge is 0.306 e. The van der Waals surface area contributed by atoms with Gasteiger partial charge in [0.05, 0.1) is 0 Å². The molecule has 0 aliphatic heterocycles. The first kappa shape index (κ1) is 68.6. The zero-order chi connectivity index (χ0) is 51.4. The van der Waals surface area contributed by atoms with Crippen LogP contribution in [0.2, 0.25) is 0 Å². The maximum Gasteiger partial charge on any atom is 0.306 e. The summed E-state index contributed by atoms with van der Waals surface area (Å²) in [4.78, 5) is 38.2. The van der Waals surface area contributed by atoms with Gasteiger partial charge in [-0.2, -0.15) is 0 Å². The Morgan fingerprint density at radius 1 is 0.282 bits per heavy atom. The second kappa shape index (κ2) is 60.2. The molecule has 1 unspecified atom stereocenters. The highest BCUT2D eigenvalue weighted by Gasteiger charge is 2.19. The van der Waals surface area contributed by atoms with Crippen LogP contribution in [0.4, 0.5) is 0 Å². The van der Waals surface area contributed by atoms with Gasteiger partial charge in [-0.15, -0.1) is 0 Å². The minimum atomic E-state index is -0.780. The van der Waals surface area contributed by atoms with Crippen LogP contribution in [-0.4, -0.2) is 37.2 Å². The van der Waals surface area contributed by atoms with Crippen molar-refractivity contribution in [3.63, 3.8) is 0 Å². The SMILES string of the molecule is CCCC/C=C\CCCCCCCC(=O)OCC(COC(=O)CCCCCCCCCCCCCCCCCCCCCCCCCCCC)OC(=O)CCCCCCC/C=C\C/C=C\CCCCCC. The lowest BCUT2D eigenvalue weighted by atomic mass is 10.0. The van der Waals surface area contributed by atoms with E-state index in [-0.39, 0.29) is 31.1 Å². The molecular weight excluding hydrogens is 877 g/mol. The van der Waals surface area contributed by atoms with Crippen LogP contribution in [0, 0.1) is 0 Å². The first-order valence-electron chi connectivity index (χ1n) is 31.5. The standard InChI is InChI=1S/C65H120O6/c1-4-7-10-13-16-19-22-24-26-28-29-30-31-32-33-34-35-36-37-39-40-43-46-49-52-55-58-64(67)70-61-62(60-69-63(66)57-54-51-48-45-42-21-18-15-12-9-6-3)71-65(68)59-56-53-50-47-44-41-38-27-25-23-20-17-14-11-8-5-2/h15,18,20,23,27,38,62H,4-14,16-17,19,21-22,24-26,28-37,39-61H2,1-3H3/b18-15-,23-20-,38-27-. The van der Waals surface area contributed by atoms with Crippen molar-refractivity contribution in [3.05, 3.63) is 36.5 Å². The van der Waals surface area contributed by atoms with E-state index in [2.05, 4.69) is 57.2 Å². The summed E-state index contributed by atoms with van der Waals surface area (Å²) in [5.41, 5.74) is 0. The minimum absolute atomic E-state index is 0.0769. The predicted molar refractivity (Wildman–Crippen MR) is 307 cm³/mol. The zero-order valence-electron chi connectivity index (χ0n) is 47.8. The van der Waals surface area contributed by atoms with Gasteiger partial charge >= 0.3 is 17.9 Å². The largest absolute Gasteiger partial charge is 0.462 e. The van der Waals surface area contributed by atoms with Crippen LogP contribution in [-0.2, 0) is 28.6 Å². The number of carbonyl (C=O) groups is 3. The van der Waals surface area contributed by atoms with E-state index < -0.39 is 6.10 Å². The molecule has 416 valence electrons. The molecule has 0 aliphatic rings. The number of hydrogen-bond donors (Lipinski definition) is 0. The molecule has 1 atom stereocenters. The summed E-state index contributed by atoms with van der Waals surface area (Å²) in [7, 11) is 0. The molecule has 0 saturated heterocycles. The van der Waals surface area contributed by atoms with E-state index in [1.807, 2.05) is 0 Å². The van der Waals surface area contributed by atoms with Crippen LogP contribution in [0.3, 0.4) is 0 Å². The van der Waals surface area contributed by atoms with E-state index in [1.54, 1.807) is 0 Å². The molecule has 0 fully saturated rings. The zero-order valence-corrected chi connectivity index (χ0v) is 47.8.